The molecule has 0 unspecified atom stereocenters. The lowest BCUT2D eigenvalue weighted by Crippen LogP contribution is -2.12. The van der Waals surface area contributed by atoms with Crippen LogP contribution in [0.4, 0.5) is 5.69 Å². The predicted octanol–water partition coefficient (Wildman–Crippen LogP) is 4.16. The molecule has 0 radical (unpaired) electrons. The van der Waals surface area contributed by atoms with Gasteiger partial charge in [-0.2, -0.15) is 0 Å². The Kier molecular flexibility index (Phi) is 4.10. The first-order chi connectivity index (χ1) is 12.5. The molecule has 2 heterocycles. The van der Waals surface area contributed by atoms with Gasteiger partial charge >= 0.3 is 5.76 Å². The number of benzene rings is 2. The first-order valence-corrected chi connectivity index (χ1v) is 8.90. The molecule has 4 rings (SSSR count). The molecule has 8 heteroatoms. The molecule has 0 aliphatic heterocycles. The van der Waals surface area contributed by atoms with E-state index < -0.39 is 5.76 Å². The summed E-state index contributed by atoms with van der Waals surface area (Å²) in [6.07, 6.45) is 0. The predicted molar refractivity (Wildman–Crippen MR) is 102 cm³/mol. The largest absolute Gasteiger partial charge is 0.419 e. The van der Waals surface area contributed by atoms with Gasteiger partial charge in [0.2, 0.25) is 0 Å². The number of carbonyl (C=O) groups is 1. The zero-order valence-corrected chi connectivity index (χ0v) is 15.1. The van der Waals surface area contributed by atoms with Gasteiger partial charge in [0, 0.05) is 29.7 Å². The van der Waals surface area contributed by atoms with Gasteiger partial charge in [0.15, 0.2) is 5.58 Å². The van der Waals surface area contributed by atoms with E-state index in [1.807, 2.05) is 18.2 Å². The first kappa shape index (κ1) is 16.6. The van der Waals surface area contributed by atoms with Crippen molar-refractivity contribution in [3.05, 3.63) is 69.1 Å². The third kappa shape index (κ3) is 2.91. The molecule has 2 aromatic carbocycles. The summed E-state index contributed by atoms with van der Waals surface area (Å²) in [4.78, 5) is 28.4. The van der Waals surface area contributed by atoms with Crippen molar-refractivity contribution in [2.75, 3.05) is 5.32 Å². The summed E-state index contributed by atoms with van der Waals surface area (Å²) in [5.41, 5.74) is 2.65. The molecule has 26 heavy (non-hydrogen) atoms. The Bertz CT molecular complexity index is 1190. The molecule has 1 amide bonds. The summed E-state index contributed by atoms with van der Waals surface area (Å²) < 4.78 is 6.53. The zero-order valence-electron chi connectivity index (χ0n) is 13.5. The van der Waals surface area contributed by atoms with Crippen molar-refractivity contribution in [1.29, 1.82) is 0 Å². The van der Waals surface area contributed by atoms with E-state index in [0.717, 1.165) is 5.56 Å². The van der Waals surface area contributed by atoms with Crippen molar-refractivity contribution in [1.82, 2.24) is 9.55 Å². The Morgan fingerprint density at radius 1 is 1.27 bits per heavy atom. The van der Waals surface area contributed by atoms with Gasteiger partial charge in [-0.3, -0.25) is 9.36 Å². The molecule has 0 aliphatic carbocycles. The monoisotopic (exact) mass is 385 g/mol. The highest BCUT2D eigenvalue weighted by molar-refractivity contribution is 7.13. The average molecular weight is 386 g/mol. The Morgan fingerprint density at radius 2 is 2.08 bits per heavy atom. The third-order valence-electron chi connectivity index (χ3n) is 3.89. The molecule has 2 aromatic heterocycles. The van der Waals surface area contributed by atoms with Crippen LogP contribution in [0.3, 0.4) is 0 Å². The highest BCUT2D eigenvalue weighted by atomic mass is 35.5. The molecule has 0 saturated heterocycles. The van der Waals surface area contributed by atoms with Crippen molar-refractivity contribution >= 4 is 45.6 Å². The summed E-state index contributed by atoms with van der Waals surface area (Å²) >= 11 is 7.52. The number of rotatable bonds is 3. The minimum atomic E-state index is -0.452. The first-order valence-electron chi connectivity index (χ1n) is 7.64. The number of thiazole rings is 1. The van der Waals surface area contributed by atoms with Crippen LogP contribution in [0.15, 0.2) is 57.1 Å². The number of halogens is 1. The summed E-state index contributed by atoms with van der Waals surface area (Å²) in [6, 6.07) is 12.4. The van der Waals surface area contributed by atoms with Gasteiger partial charge in [-0.15, -0.1) is 11.3 Å². The Labute approximate surface area is 156 Å². The fourth-order valence-electron chi connectivity index (χ4n) is 2.54. The van der Waals surface area contributed by atoms with Crippen LogP contribution in [0.2, 0.25) is 5.02 Å². The third-order valence-corrected chi connectivity index (χ3v) is 5.10. The van der Waals surface area contributed by atoms with Gasteiger partial charge in [0.05, 0.1) is 10.5 Å². The molecule has 0 fully saturated rings. The van der Waals surface area contributed by atoms with Crippen molar-refractivity contribution in [2.24, 2.45) is 7.05 Å². The van der Waals surface area contributed by atoms with Gasteiger partial charge in [0.25, 0.3) is 5.91 Å². The van der Waals surface area contributed by atoms with Crippen LogP contribution in [0.5, 0.6) is 0 Å². The van der Waals surface area contributed by atoms with E-state index in [1.165, 1.54) is 15.9 Å². The second-order valence-corrected chi connectivity index (χ2v) is 6.85. The molecule has 0 bridgehead atoms. The van der Waals surface area contributed by atoms with E-state index in [1.54, 1.807) is 36.7 Å². The van der Waals surface area contributed by atoms with Crippen LogP contribution in [0, 0.1) is 0 Å². The molecule has 0 saturated carbocycles. The Morgan fingerprint density at radius 3 is 2.88 bits per heavy atom. The van der Waals surface area contributed by atoms with Gasteiger partial charge in [-0.25, -0.2) is 9.78 Å². The number of hydrogen-bond donors (Lipinski definition) is 1. The molecule has 0 aliphatic rings. The number of anilines is 1. The zero-order chi connectivity index (χ0) is 18.3. The molecular weight excluding hydrogens is 374 g/mol. The lowest BCUT2D eigenvalue weighted by molar-refractivity contribution is 0.102. The highest BCUT2D eigenvalue weighted by Crippen LogP contribution is 2.30. The van der Waals surface area contributed by atoms with Crippen LogP contribution in [-0.2, 0) is 7.05 Å². The van der Waals surface area contributed by atoms with Gasteiger partial charge in [-0.1, -0.05) is 29.8 Å². The fraction of sp³-hybridized carbons (Fsp3) is 0.0556. The minimum Gasteiger partial charge on any atom is -0.408 e. The van der Waals surface area contributed by atoms with Gasteiger partial charge in [-0.05, 0) is 18.2 Å². The maximum atomic E-state index is 12.5. The van der Waals surface area contributed by atoms with Crippen LogP contribution in [0.1, 0.15) is 10.5 Å². The summed E-state index contributed by atoms with van der Waals surface area (Å²) in [6.45, 7) is 0. The van der Waals surface area contributed by atoms with Crippen molar-refractivity contribution in [3.8, 4) is 10.6 Å². The average Bonchev–Trinajstić information content (AvgIpc) is 3.21. The lowest BCUT2D eigenvalue weighted by Gasteiger charge is -2.03. The number of aromatic nitrogens is 2. The SMILES string of the molecule is Cn1c(=O)oc2cc(NC(=O)c3csc(-c4ccccc4Cl)n3)ccc21. The molecule has 130 valence electrons. The Hall–Kier alpha value is -2.90. The van der Waals surface area contributed by atoms with E-state index >= 15 is 0 Å². The maximum absolute atomic E-state index is 12.5. The molecule has 0 spiro atoms. The number of hydrogen-bond acceptors (Lipinski definition) is 5. The van der Waals surface area contributed by atoms with Gasteiger partial charge < -0.3 is 9.73 Å². The number of oxazole rings is 1. The Balaban J connectivity index is 1.59. The van der Waals surface area contributed by atoms with E-state index in [9.17, 15) is 9.59 Å². The van der Waals surface area contributed by atoms with E-state index in [0.29, 0.717) is 32.5 Å². The van der Waals surface area contributed by atoms with Crippen LogP contribution < -0.4 is 11.1 Å². The summed E-state index contributed by atoms with van der Waals surface area (Å²) in [7, 11) is 1.62. The number of aryl methyl sites for hydroxylation is 1. The molecule has 1 N–H and O–H groups in total. The molecular formula is C18H12ClN3O3S. The van der Waals surface area contributed by atoms with Crippen molar-refractivity contribution < 1.29 is 9.21 Å². The van der Waals surface area contributed by atoms with E-state index in [-0.39, 0.29) is 5.91 Å². The standard InChI is InChI=1S/C18H12ClN3O3S/c1-22-14-7-6-10(8-15(14)25-18(22)24)20-16(23)13-9-26-17(21-13)11-4-2-3-5-12(11)19/h2-9H,1H3,(H,20,23). The molecule has 6 nitrogen and oxygen atoms in total. The highest BCUT2D eigenvalue weighted by Gasteiger charge is 2.14. The van der Waals surface area contributed by atoms with E-state index in [2.05, 4.69) is 10.3 Å². The van der Waals surface area contributed by atoms with Gasteiger partial charge in [0.1, 0.15) is 10.7 Å². The second-order valence-electron chi connectivity index (χ2n) is 5.58. The summed E-state index contributed by atoms with van der Waals surface area (Å²) in [5.74, 6) is -0.801. The quantitative estimate of drug-likeness (QED) is 0.574. The number of nitrogens with zero attached hydrogens (tertiary/aromatic N) is 2. The van der Waals surface area contributed by atoms with Crippen molar-refractivity contribution in [3.63, 3.8) is 0 Å². The normalized spacial score (nSPS) is 11.0. The molecule has 0 atom stereocenters. The number of amides is 1. The number of nitrogens with one attached hydrogen (secondary N) is 1. The number of carbonyl (C=O) groups excluding carboxylic acids is 1. The fourth-order valence-corrected chi connectivity index (χ4v) is 3.66. The van der Waals surface area contributed by atoms with Crippen LogP contribution in [0.25, 0.3) is 21.7 Å². The topological polar surface area (TPSA) is 77.1 Å². The lowest BCUT2D eigenvalue weighted by atomic mass is 10.2. The van der Waals surface area contributed by atoms with Crippen molar-refractivity contribution in [2.45, 2.75) is 0 Å². The van der Waals surface area contributed by atoms with Crippen LogP contribution >= 0.6 is 22.9 Å². The summed E-state index contributed by atoms with van der Waals surface area (Å²) in [5, 5.41) is 5.69. The minimum absolute atomic E-state index is 0.291. The van der Waals surface area contributed by atoms with Crippen LogP contribution in [-0.4, -0.2) is 15.5 Å². The smallest absolute Gasteiger partial charge is 0.408 e. The molecule has 4 aromatic rings. The van der Waals surface area contributed by atoms with E-state index in [4.69, 9.17) is 16.0 Å². The number of fused-ring (bicyclic) bond motifs is 1. The second kappa shape index (κ2) is 6.44. The maximum Gasteiger partial charge on any atom is 0.419 e.